The summed E-state index contributed by atoms with van der Waals surface area (Å²) in [5, 5.41) is 77.0. The highest BCUT2D eigenvalue weighted by Gasteiger charge is 2.51. The van der Waals surface area contributed by atoms with Crippen molar-refractivity contribution in [3.63, 3.8) is 0 Å². The molecule has 1 aromatic carbocycles. The summed E-state index contributed by atoms with van der Waals surface area (Å²) in [4.78, 5) is 25.5. The fourth-order valence-electron chi connectivity index (χ4n) is 7.51. The molecular formula is C36H55NO17. The summed E-state index contributed by atoms with van der Waals surface area (Å²) in [5.41, 5.74) is 0.243. The molecule has 0 spiro atoms. The van der Waals surface area contributed by atoms with Crippen molar-refractivity contribution in [3.8, 4) is 11.5 Å². The smallest absolute Gasteiger partial charge is 0.332 e. The second-order valence-corrected chi connectivity index (χ2v) is 14.3. The average Bonchev–Trinajstić information content (AvgIpc) is 3.17. The zero-order valence-corrected chi connectivity index (χ0v) is 30.7. The molecule has 3 unspecified atom stereocenters. The Morgan fingerprint density at radius 1 is 0.833 bits per heavy atom. The van der Waals surface area contributed by atoms with Gasteiger partial charge < -0.3 is 79.0 Å². The SMILES string of the molecule is COc1ccc(C(=O)NC[C@H]2OCC[C@@H](O[C@@H]3O[C@H](CO)[C@H](O)[C@H](OC(CC4CCCCC4)C(=O)O)[C@H]3O)C2OC2O[C@@H](C)[C@@H](O)[C@@H](O)[C@@H]2O)cc1OC. The van der Waals surface area contributed by atoms with Crippen molar-refractivity contribution < 1.29 is 83.2 Å². The lowest BCUT2D eigenvalue weighted by atomic mass is 9.85. The highest BCUT2D eigenvalue weighted by atomic mass is 16.7. The summed E-state index contributed by atoms with van der Waals surface area (Å²) in [6.07, 6.45) is -14.6. The molecule has 0 bridgehead atoms. The maximum Gasteiger partial charge on any atom is 0.332 e. The van der Waals surface area contributed by atoms with Gasteiger partial charge in [-0.15, -0.1) is 0 Å². The van der Waals surface area contributed by atoms with Crippen LogP contribution in [0.25, 0.3) is 0 Å². The van der Waals surface area contributed by atoms with Crippen molar-refractivity contribution >= 4 is 11.9 Å². The summed E-state index contributed by atoms with van der Waals surface area (Å²) in [7, 11) is 2.90. The monoisotopic (exact) mass is 773 g/mol. The molecule has 1 amide bonds. The number of carboxylic acid groups (broad SMARTS) is 1. The number of benzene rings is 1. The molecule has 8 N–H and O–H groups in total. The van der Waals surface area contributed by atoms with Crippen LogP contribution in [0.3, 0.4) is 0 Å². The van der Waals surface area contributed by atoms with E-state index in [1.807, 2.05) is 0 Å². The zero-order chi connectivity index (χ0) is 39.1. The summed E-state index contributed by atoms with van der Waals surface area (Å²) >= 11 is 0. The summed E-state index contributed by atoms with van der Waals surface area (Å²) in [6, 6.07) is 4.60. The van der Waals surface area contributed by atoms with Crippen molar-refractivity contribution in [3.05, 3.63) is 23.8 Å². The molecule has 0 aromatic heterocycles. The van der Waals surface area contributed by atoms with Gasteiger partial charge in [0.1, 0.15) is 54.9 Å². The summed E-state index contributed by atoms with van der Waals surface area (Å²) in [5.74, 6) is -0.916. The Kier molecular flexibility index (Phi) is 15.3. The second kappa shape index (κ2) is 19.4. The molecule has 4 aliphatic rings. The van der Waals surface area contributed by atoms with E-state index in [4.69, 9.17) is 37.9 Å². The molecule has 4 fully saturated rings. The topological polar surface area (TPSA) is 262 Å². The number of aliphatic hydroxyl groups excluding tert-OH is 6. The molecule has 0 radical (unpaired) electrons. The minimum absolute atomic E-state index is 0.0600. The molecular weight excluding hydrogens is 718 g/mol. The number of nitrogens with one attached hydrogen (secondary N) is 1. The predicted octanol–water partition coefficient (Wildman–Crippen LogP) is -0.932. The van der Waals surface area contributed by atoms with Gasteiger partial charge in [-0.05, 0) is 43.9 Å². The van der Waals surface area contributed by atoms with Gasteiger partial charge in [-0.2, -0.15) is 0 Å². The Bertz CT molecular complexity index is 1360. The maximum absolute atomic E-state index is 13.2. The highest BCUT2D eigenvalue weighted by molar-refractivity contribution is 5.94. The fraction of sp³-hybridized carbons (Fsp3) is 0.778. The molecule has 1 aliphatic carbocycles. The van der Waals surface area contributed by atoms with Crippen LogP contribution in [-0.4, -0.2) is 167 Å². The second-order valence-electron chi connectivity index (χ2n) is 14.3. The lowest BCUT2D eigenvalue weighted by molar-refractivity contribution is -0.355. The van der Waals surface area contributed by atoms with Crippen molar-refractivity contribution in [1.82, 2.24) is 5.32 Å². The van der Waals surface area contributed by atoms with Crippen molar-refractivity contribution in [1.29, 1.82) is 0 Å². The number of methoxy groups -OCH3 is 2. The van der Waals surface area contributed by atoms with E-state index in [1.54, 1.807) is 6.07 Å². The van der Waals surface area contributed by atoms with Gasteiger partial charge in [0.05, 0.1) is 33.0 Å². The van der Waals surface area contributed by atoms with E-state index in [0.29, 0.717) is 11.5 Å². The Labute approximate surface area is 313 Å². The highest BCUT2D eigenvalue weighted by Crippen LogP contribution is 2.34. The minimum atomic E-state index is -1.74. The van der Waals surface area contributed by atoms with Gasteiger partial charge in [0, 0.05) is 18.7 Å². The van der Waals surface area contributed by atoms with Crippen LogP contribution in [0.5, 0.6) is 11.5 Å². The quantitative estimate of drug-likeness (QED) is 0.107. The van der Waals surface area contributed by atoms with Crippen LogP contribution in [0, 0.1) is 5.92 Å². The van der Waals surface area contributed by atoms with Gasteiger partial charge in [-0.3, -0.25) is 4.79 Å². The normalized spacial score (nSPS) is 36.9. The van der Waals surface area contributed by atoms with Gasteiger partial charge in [0.25, 0.3) is 5.91 Å². The van der Waals surface area contributed by atoms with Crippen molar-refractivity contribution in [2.24, 2.45) is 5.92 Å². The largest absolute Gasteiger partial charge is 0.493 e. The lowest BCUT2D eigenvalue weighted by Gasteiger charge is -2.47. The first-order valence-electron chi connectivity index (χ1n) is 18.5. The summed E-state index contributed by atoms with van der Waals surface area (Å²) in [6.45, 7) is 0.658. The fourth-order valence-corrected chi connectivity index (χ4v) is 7.51. The number of carbonyl (C=O) groups is 2. The van der Waals surface area contributed by atoms with Crippen molar-refractivity contribution in [2.75, 3.05) is 34.0 Å². The molecule has 1 saturated carbocycles. The molecule has 1 aromatic rings. The van der Waals surface area contributed by atoms with E-state index >= 15 is 0 Å². The molecule has 18 nitrogen and oxygen atoms in total. The molecule has 18 heteroatoms. The van der Waals surface area contributed by atoms with Gasteiger partial charge in [0.15, 0.2) is 30.2 Å². The van der Waals surface area contributed by atoms with E-state index in [1.165, 1.54) is 33.3 Å². The molecule has 14 atom stereocenters. The van der Waals surface area contributed by atoms with Crippen LogP contribution in [0.2, 0.25) is 0 Å². The van der Waals surface area contributed by atoms with Crippen LogP contribution in [0.1, 0.15) is 62.2 Å². The van der Waals surface area contributed by atoms with Crippen LogP contribution in [0.4, 0.5) is 0 Å². The number of aliphatic hydroxyl groups is 6. The number of rotatable bonds is 15. The first-order valence-corrected chi connectivity index (χ1v) is 18.5. The van der Waals surface area contributed by atoms with Gasteiger partial charge in [0.2, 0.25) is 0 Å². The maximum atomic E-state index is 13.2. The Balaban J connectivity index is 1.35. The van der Waals surface area contributed by atoms with E-state index < -0.39 is 104 Å². The third-order valence-corrected chi connectivity index (χ3v) is 10.7. The number of carbonyl (C=O) groups excluding carboxylic acids is 1. The third kappa shape index (κ3) is 9.98. The van der Waals surface area contributed by atoms with E-state index in [0.717, 1.165) is 32.1 Å². The summed E-state index contributed by atoms with van der Waals surface area (Å²) < 4.78 is 46.4. The lowest BCUT2D eigenvalue weighted by Crippen LogP contribution is -2.64. The van der Waals surface area contributed by atoms with Crippen molar-refractivity contribution in [2.45, 2.75) is 138 Å². The molecule has 3 saturated heterocycles. The molecule has 54 heavy (non-hydrogen) atoms. The average molecular weight is 774 g/mol. The van der Waals surface area contributed by atoms with Gasteiger partial charge in [-0.1, -0.05) is 32.1 Å². The third-order valence-electron chi connectivity index (χ3n) is 10.7. The number of aliphatic carboxylic acids is 1. The Morgan fingerprint density at radius 2 is 1.54 bits per heavy atom. The van der Waals surface area contributed by atoms with E-state index in [9.17, 15) is 45.3 Å². The Hall–Kier alpha value is -2.72. The van der Waals surface area contributed by atoms with Gasteiger partial charge >= 0.3 is 5.97 Å². The van der Waals surface area contributed by atoms with Crippen LogP contribution >= 0.6 is 0 Å². The molecule has 3 heterocycles. The number of amides is 1. The van der Waals surface area contributed by atoms with Crippen LogP contribution in [0.15, 0.2) is 18.2 Å². The van der Waals surface area contributed by atoms with Crippen LogP contribution < -0.4 is 14.8 Å². The Morgan fingerprint density at radius 3 is 2.20 bits per heavy atom. The molecule has 306 valence electrons. The molecule has 3 aliphatic heterocycles. The van der Waals surface area contributed by atoms with E-state index in [2.05, 4.69) is 5.32 Å². The number of hydrogen-bond acceptors (Lipinski definition) is 16. The first-order chi connectivity index (χ1) is 25.9. The predicted molar refractivity (Wildman–Crippen MR) is 184 cm³/mol. The zero-order valence-electron chi connectivity index (χ0n) is 30.7. The van der Waals surface area contributed by atoms with E-state index in [-0.39, 0.29) is 37.5 Å². The van der Waals surface area contributed by atoms with Crippen LogP contribution in [-0.2, 0) is 33.2 Å². The number of ether oxygens (including phenoxy) is 8. The molecule has 5 rings (SSSR count). The first kappa shape index (κ1) is 42.4. The minimum Gasteiger partial charge on any atom is -0.493 e. The standard InChI is InChI=1S/C36H55NO17/c1-17-26(39)28(41)29(42)35(50-17)54-31-21(11-12-49-24(31)15-37-33(44)19-9-10-20(47-2)22(14-19)48-3)52-36-30(43)32(27(40)25(16-38)53-36)51-23(34(45)46)13-18-7-5-4-6-8-18/h9-10,14,17-18,21,23-32,35-36,38-43H,4-8,11-13,15-16H2,1-3H3,(H,37,44)(H,45,46)/t17-,21+,23?,24+,25+,26+,27-,28+,29-,30+,31?,32-,35?,36+/m0/s1. The van der Waals surface area contributed by atoms with Gasteiger partial charge in [-0.25, -0.2) is 4.79 Å². The number of hydrogen-bond donors (Lipinski definition) is 8. The number of carboxylic acids is 1.